The average Bonchev–Trinajstić information content (AvgIpc) is 3.39. The van der Waals surface area contributed by atoms with Crippen molar-refractivity contribution in [2.24, 2.45) is 0 Å². The minimum Gasteiger partial charge on any atom is -0.378 e. The highest BCUT2D eigenvalue weighted by Crippen LogP contribution is 2.40. The molecule has 0 bridgehead atoms. The Kier molecular flexibility index (Phi) is 8.14. The molecule has 1 saturated carbocycles. The average molecular weight is 500 g/mol. The van der Waals surface area contributed by atoms with Crippen LogP contribution in [0.4, 0.5) is 5.69 Å². The third-order valence-corrected chi connectivity index (χ3v) is 9.49. The molecule has 7 nitrogen and oxygen atoms in total. The lowest BCUT2D eigenvalue weighted by molar-refractivity contribution is 0.0941. The lowest BCUT2D eigenvalue weighted by atomic mass is 9.79. The molecule has 0 unspecified atom stereocenters. The fourth-order valence-electron chi connectivity index (χ4n) is 5.41. The Balaban J connectivity index is 1.65. The van der Waals surface area contributed by atoms with Crippen molar-refractivity contribution in [3.8, 4) is 0 Å². The summed E-state index contributed by atoms with van der Waals surface area (Å²) < 4.78 is 33.4. The second kappa shape index (κ2) is 11.1. The van der Waals surface area contributed by atoms with Gasteiger partial charge in [0.15, 0.2) is 0 Å². The van der Waals surface area contributed by atoms with E-state index in [0.717, 1.165) is 31.4 Å². The number of ether oxygens (including phenoxy) is 1. The van der Waals surface area contributed by atoms with E-state index < -0.39 is 10.0 Å². The molecule has 2 aliphatic rings. The molecule has 1 aliphatic carbocycles. The van der Waals surface area contributed by atoms with Gasteiger partial charge in [0, 0.05) is 43.8 Å². The third kappa shape index (κ3) is 5.39. The predicted octanol–water partition coefficient (Wildman–Crippen LogP) is 3.80. The maximum Gasteiger partial charge on any atom is 0.253 e. The van der Waals surface area contributed by atoms with Crippen LogP contribution in [-0.2, 0) is 20.2 Å². The van der Waals surface area contributed by atoms with Gasteiger partial charge in [-0.3, -0.25) is 4.79 Å². The Morgan fingerprint density at radius 1 is 1.03 bits per heavy atom. The van der Waals surface area contributed by atoms with Crippen LogP contribution in [0, 0.1) is 0 Å². The van der Waals surface area contributed by atoms with Crippen LogP contribution in [0.3, 0.4) is 0 Å². The van der Waals surface area contributed by atoms with E-state index in [2.05, 4.69) is 34.5 Å². The SMILES string of the molecule is CCN(CC)S(=O)(=O)c1ccc(N2CCOCC2)c(C(=O)NCC2(c3ccccc3)CCCC2)c1. The van der Waals surface area contributed by atoms with Crippen molar-refractivity contribution in [1.82, 2.24) is 9.62 Å². The number of benzene rings is 2. The zero-order valence-corrected chi connectivity index (χ0v) is 21.6. The van der Waals surface area contributed by atoms with Gasteiger partial charge in [0.2, 0.25) is 10.0 Å². The number of morpholine rings is 1. The van der Waals surface area contributed by atoms with E-state index in [9.17, 15) is 13.2 Å². The molecule has 0 spiro atoms. The molecule has 2 aromatic rings. The highest BCUT2D eigenvalue weighted by Gasteiger charge is 2.36. The first kappa shape index (κ1) is 25.7. The van der Waals surface area contributed by atoms with Gasteiger partial charge in [-0.05, 0) is 36.6 Å². The molecule has 35 heavy (non-hydrogen) atoms. The molecular weight excluding hydrogens is 462 g/mol. The first-order chi connectivity index (χ1) is 16.9. The van der Waals surface area contributed by atoms with Gasteiger partial charge < -0.3 is 15.0 Å². The van der Waals surface area contributed by atoms with Gasteiger partial charge in [-0.15, -0.1) is 0 Å². The quantitative estimate of drug-likeness (QED) is 0.568. The lowest BCUT2D eigenvalue weighted by Gasteiger charge is -2.32. The van der Waals surface area contributed by atoms with Crippen molar-refractivity contribution in [2.75, 3.05) is 50.8 Å². The fraction of sp³-hybridized carbons (Fsp3) is 0.519. The molecule has 1 heterocycles. The minimum absolute atomic E-state index is 0.0824. The van der Waals surface area contributed by atoms with E-state index in [4.69, 9.17) is 4.74 Å². The van der Waals surface area contributed by atoms with Gasteiger partial charge in [0.05, 0.1) is 23.7 Å². The summed E-state index contributed by atoms with van der Waals surface area (Å²) in [5.74, 6) is -0.231. The fourth-order valence-corrected chi connectivity index (χ4v) is 6.89. The number of hydrogen-bond acceptors (Lipinski definition) is 5. The van der Waals surface area contributed by atoms with E-state index in [0.29, 0.717) is 51.5 Å². The normalized spacial score (nSPS) is 18.1. The lowest BCUT2D eigenvalue weighted by Crippen LogP contribution is -2.41. The summed E-state index contributed by atoms with van der Waals surface area (Å²) in [6, 6.07) is 15.4. The zero-order valence-electron chi connectivity index (χ0n) is 20.8. The van der Waals surface area contributed by atoms with Crippen molar-refractivity contribution in [3.63, 3.8) is 0 Å². The molecule has 1 N–H and O–H groups in total. The number of carbonyl (C=O) groups excluding carboxylic acids is 1. The van der Waals surface area contributed by atoms with Gasteiger partial charge in [-0.2, -0.15) is 4.31 Å². The van der Waals surface area contributed by atoms with Crippen molar-refractivity contribution in [2.45, 2.75) is 49.8 Å². The zero-order chi connectivity index (χ0) is 24.9. The highest BCUT2D eigenvalue weighted by atomic mass is 32.2. The maximum absolute atomic E-state index is 13.6. The number of carbonyl (C=O) groups is 1. The van der Waals surface area contributed by atoms with Crippen molar-refractivity contribution in [3.05, 3.63) is 59.7 Å². The molecule has 190 valence electrons. The molecule has 0 radical (unpaired) electrons. The van der Waals surface area contributed by atoms with E-state index in [1.165, 1.54) is 9.87 Å². The summed E-state index contributed by atoms with van der Waals surface area (Å²) in [4.78, 5) is 15.9. The molecule has 2 aromatic carbocycles. The Morgan fingerprint density at radius 2 is 1.69 bits per heavy atom. The van der Waals surface area contributed by atoms with E-state index in [1.807, 2.05) is 19.9 Å². The maximum atomic E-state index is 13.6. The first-order valence-corrected chi connectivity index (χ1v) is 14.2. The minimum atomic E-state index is -3.68. The summed E-state index contributed by atoms with van der Waals surface area (Å²) in [6.45, 7) is 7.42. The van der Waals surface area contributed by atoms with Crippen LogP contribution in [0.5, 0.6) is 0 Å². The van der Waals surface area contributed by atoms with E-state index in [1.54, 1.807) is 18.2 Å². The molecule has 1 aliphatic heterocycles. The van der Waals surface area contributed by atoms with Crippen LogP contribution in [-0.4, -0.2) is 64.6 Å². The molecule has 0 aromatic heterocycles. The Bertz CT molecular complexity index is 1100. The van der Waals surface area contributed by atoms with Crippen LogP contribution >= 0.6 is 0 Å². The number of hydrogen-bond donors (Lipinski definition) is 1. The second-order valence-electron chi connectivity index (χ2n) is 9.40. The third-order valence-electron chi connectivity index (χ3n) is 7.44. The molecule has 1 amide bonds. The predicted molar refractivity (Wildman–Crippen MR) is 139 cm³/mol. The number of rotatable bonds is 9. The number of nitrogens with zero attached hydrogens (tertiary/aromatic N) is 2. The summed E-state index contributed by atoms with van der Waals surface area (Å²) in [7, 11) is -3.68. The largest absolute Gasteiger partial charge is 0.378 e. The topological polar surface area (TPSA) is 79.0 Å². The van der Waals surface area contributed by atoms with Gasteiger partial charge in [-0.25, -0.2) is 8.42 Å². The Labute approximate surface area is 209 Å². The summed E-state index contributed by atoms with van der Waals surface area (Å²) >= 11 is 0. The van der Waals surface area contributed by atoms with Crippen LogP contribution in [0.2, 0.25) is 0 Å². The van der Waals surface area contributed by atoms with Gasteiger partial charge >= 0.3 is 0 Å². The van der Waals surface area contributed by atoms with Crippen LogP contribution in [0.25, 0.3) is 0 Å². The molecule has 1 saturated heterocycles. The van der Waals surface area contributed by atoms with Crippen molar-refractivity contribution >= 4 is 21.6 Å². The van der Waals surface area contributed by atoms with Crippen LogP contribution in [0.15, 0.2) is 53.4 Å². The standard InChI is InChI=1S/C27H37N3O4S/c1-3-30(4-2)35(32,33)23-12-13-25(29-16-18-34-19-17-29)24(20-23)26(31)28-21-27(14-8-9-15-27)22-10-6-5-7-11-22/h5-7,10-13,20H,3-4,8-9,14-19,21H2,1-2H3,(H,28,31). The molecule has 8 heteroatoms. The molecule has 0 atom stereocenters. The number of amides is 1. The summed E-state index contributed by atoms with van der Waals surface area (Å²) in [6.07, 6.45) is 4.34. The van der Waals surface area contributed by atoms with Gasteiger partial charge in [0.25, 0.3) is 5.91 Å². The monoisotopic (exact) mass is 499 g/mol. The first-order valence-electron chi connectivity index (χ1n) is 12.7. The molecule has 4 rings (SSSR count). The van der Waals surface area contributed by atoms with Crippen LogP contribution in [0.1, 0.15) is 55.5 Å². The van der Waals surface area contributed by atoms with Crippen LogP contribution < -0.4 is 10.2 Å². The Hall–Kier alpha value is -2.42. The molecular formula is C27H37N3O4S. The van der Waals surface area contributed by atoms with E-state index in [-0.39, 0.29) is 16.2 Å². The number of anilines is 1. The van der Waals surface area contributed by atoms with Crippen molar-refractivity contribution in [1.29, 1.82) is 0 Å². The molecule has 2 fully saturated rings. The van der Waals surface area contributed by atoms with Crippen molar-refractivity contribution < 1.29 is 17.9 Å². The van der Waals surface area contributed by atoms with Gasteiger partial charge in [0.1, 0.15) is 0 Å². The summed E-state index contributed by atoms with van der Waals surface area (Å²) in [5, 5.41) is 3.19. The smallest absolute Gasteiger partial charge is 0.253 e. The summed E-state index contributed by atoms with van der Waals surface area (Å²) in [5.41, 5.74) is 2.33. The second-order valence-corrected chi connectivity index (χ2v) is 11.3. The van der Waals surface area contributed by atoms with Gasteiger partial charge in [-0.1, -0.05) is 57.0 Å². The Morgan fingerprint density at radius 3 is 2.31 bits per heavy atom. The number of sulfonamides is 1. The van der Waals surface area contributed by atoms with E-state index >= 15 is 0 Å². The highest BCUT2D eigenvalue weighted by molar-refractivity contribution is 7.89. The number of nitrogens with one attached hydrogen (secondary N) is 1.